The van der Waals surface area contributed by atoms with Crippen LogP contribution in [0.15, 0.2) is 46.9 Å². The number of nitrogens with one attached hydrogen (secondary N) is 1. The van der Waals surface area contributed by atoms with Crippen molar-refractivity contribution >= 4 is 33.4 Å². The molecule has 0 aliphatic carbocycles. The van der Waals surface area contributed by atoms with E-state index < -0.39 is 6.04 Å². The van der Waals surface area contributed by atoms with E-state index in [4.69, 9.17) is 9.47 Å². The number of carbonyl (C=O) groups is 2. The number of fused-ring (bicyclic) bond motifs is 1. The molecule has 0 radical (unpaired) electrons. The maximum atomic E-state index is 12.6. The van der Waals surface area contributed by atoms with Gasteiger partial charge in [0.25, 0.3) is 5.91 Å². The van der Waals surface area contributed by atoms with Gasteiger partial charge in [-0.3, -0.25) is 9.59 Å². The summed E-state index contributed by atoms with van der Waals surface area (Å²) in [4.78, 5) is 26.1. The molecule has 2 aromatic rings. The van der Waals surface area contributed by atoms with Crippen LogP contribution in [0.4, 0.5) is 5.69 Å². The number of amides is 2. The van der Waals surface area contributed by atoms with E-state index >= 15 is 0 Å². The number of halogens is 1. The second-order valence-electron chi connectivity index (χ2n) is 5.87. The normalized spacial score (nSPS) is 18.9. The molecular formula is C18H15BrN2O4. The molecule has 2 aliphatic heterocycles. The Morgan fingerprint density at radius 2 is 1.96 bits per heavy atom. The Morgan fingerprint density at radius 1 is 1.12 bits per heavy atom. The van der Waals surface area contributed by atoms with Crippen LogP contribution in [0.5, 0.6) is 11.5 Å². The van der Waals surface area contributed by atoms with Crippen LogP contribution < -0.4 is 19.7 Å². The molecule has 2 amide bonds. The molecule has 25 heavy (non-hydrogen) atoms. The minimum Gasteiger partial charge on any atom is -0.454 e. The van der Waals surface area contributed by atoms with Crippen LogP contribution in [0.1, 0.15) is 12.0 Å². The van der Waals surface area contributed by atoms with E-state index in [0.717, 1.165) is 15.8 Å². The van der Waals surface area contributed by atoms with Crippen molar-refractivity contribution in [2.75, 3.05) is 11.7 Å². The van der Waals surface area contributed by atoms with Crippen molar-refractivity contribution in [3.8, 4) is 11.5 Å². The van der Waals surface area contributed by atoms with E-state index in [1.165, 1.54) is 4.90 Å². The fraction of sp³-hybridized carbons (Fsp3) is 0.222. The summed E-state index contributed by atoms with van der Waals surface area (Å²) in [6.07, 6.45) is 0.149. The molecular weight excluding hydrogens is 388 g/mol. The Labute approximate surface area is 152 Å². The predicted octanol–water partition coefficient (Wildman–Crippen LogP) is 2.60. The molecule has 2 aromatic carbocycles. The van der Waals surface area contributed by atoms with Crippen LogP contribution in [0.3, 0.4) is 0 Å². The van der Waals surface area contributed by atoms with Gasteiger partial charge in [0.1, 0.15) is 0 Å². The van der Waals surface area contributed by atoms with Crippen LogP contribution in [0, 0.1) is 0 Å². The quantitative estimate of drug-likeness (QED) is 0.796. The first-order valence-corrected chi connectivity index (χ1v) is 8.65. The highest BCUT2D eigenvalue weighted by molar-refractivity contribution is 9.10. The smallest absolute Gasteiger partial charge is 0.251 e. The number of rotatable bonds is 4. The summed E-state index contributed by atoms with van der Waals surface area (Å²) in [6, 6.07) is 12.3. The number of ether oxygens (including phenoxy) is 2. The Kier molecular flexibility index (Phi) is 4.19. The summed E-state index contributed by atoms with van der Waals surface area (Å²) in [5, 5.41) is 3.16. The second kappa shape index (κ2) is 6.50. The van der Waals surface area contributed by atoms with Crippen LogP contribution in [-0.2, 0) is 16.1 Å². The van der Waals surface area contributed by atoms with Crippen molar-refractivity contribution < 1.29 is 19.1 Å². The van der Waals surface area contributed by atoms with E-state index in [1.54, 1.807) is 18.2 Å². The molecule has 128 valence electrons. The molecule has 0 unspecified atom stereocenters. The highest BCUT2D eigenvalue weighted by atomic mass is 79.9. The number of hydrogen-bond acceptors (Lipinski definition) is 5. The average molecular weight is 403 g/mol. The lowest BCUT2D eigenvalue weighted by Crippen LogP contribution is -2.38. The molecule has 0 aromatic heterocycles. The van der Waals surface area contributed by atoms with Gasteiger partial charge < -0.3 is 14.8 Å². The molecule has 1 fully saturated rings. The SMILES string of the molecule is O=C1C[C@H](NCc2ccc3c(c2)OCO3)C(=O)N1c1cccc(Br)c1. The third-order valence-electron chi connectivity index (χ3n) is 4.20. The van der Waals surface area contributed by atoms with Gasteiger partial charge in [0.15, 0.2) is 11.5 Å². The molecule has 1 saturated heterocycles. The number of imide groups is 1. The molecule has 2 aliphatic rings. The summed E-state index contributed by atoms with van der Waals surface area (Å²) in [5.74, 6) is 0.982. The van der Waals surface area contributed by atoms with Gasteiger partial charge in [0, 0.05) is 11.0 Å². The lowest BCUT2D eigenvalue weighted by Gasteiger charge is -2.16. The Balaban J connectivity index is 1.45. The highest BCUT2D eigenvalue weighted by Crippen LogP contribution is 2.32. The average Bonchev–Trinajstić information content (AvgIpc) is 3.16. The summed E-state index contributed by atoms with van der Waals surface area (Å²) in [7, 11) is 0. The second-order valence-corrected chi connectivity index (χ2v) is 6.79. The number of nitrogens with zero attached hydrogens (tertiary/aromatic N) is 1. The number of benzene rings is 2. The van der Waals surface area contributed by atoms with Gasteiger partial charge in [0.05, 0.1) is 18.2 Å². The first-order valence-electron chi connectivity index (χ1n) is 7.86. The Bertz CT molecular complexity index is 855. The van der Waals surface area contributed by atoms with Crippen molar-refractivity contribution in [3.05, 3.63) is 52.5 Å². The van der Waals surface area contributed by atoms with Gasteiger partial charge in [-0.1, -0.05) is 28.1 Å². The zero-order chi connectivity index (χ0) is 17.4. The lowest BCUT2D eigenvalue weighted by molar-refractivity contribution is -0.121. The first kappa shape index (κ1) is 16.1. The standard InChI is InChI=1S/C18H15BrN2O4/c19-12-2-1-3-13(7-12)21-17(22)8-14(18(21)23)20-9-11-4-5-15-16(6-11)25-10-24-15/h1-7,14,20H,8-10H2/t14-/m0/s1. The third kappa shape index (κ3) is 3.12. The number of carbonyl (C=O) groups excluding carboxylic acids is 2. The van der Waals surface area contributed by atoms with E-state index in [9.17, 15) is 9.59 Å². The number of anilines is 1. The molecule has 6 nitrogen and oxygen atoms in total. The predicted molar refractivity (Wildman–Crippen MR) is 94.4 cm³/mol. The van der Waals surface area contributed by atoms with Crippen LogP contribution >= 0.6 is 15.9 Å². The van der Waals surface area contributed by atoms with Crippen molar-refractivity contribution in [3.63, 3.8) is 0 Å². The Hall–Kier alpha value is -2.38. The maximum absolute atomic E-state index is 12.6. The van der Waals surface area contributed by atoms with Gasteiger partial charge >= 0.3 is 0 Å². The molecule has 1 N–H and O–H groups in total. The van der Waals surface area contributed by atoms with E-state index in [1.807, 2.05) is 24.3 Å². The third-order valence-corrected chi connectivity index (χ3v) is 4.70. The van der Waals surface area contributed by atoms with E-state index in [2.05, 4.69) is 21.2 Å². The zero-order valence-corrected chi connectivity index (χ0v) is 14.8. The topological polar surface area (TPSA) is 67.9 Å². The minimum absolute atomic E-state index is 0.149. The summed E-state index contributed by atoms with van der Waals surface area (Å²) < 4.78 is 11.5. The highest BCUT2D eigenvalue weighted by Gasteiger charge is 2.39. The van der Waals surface area contributed by atoms with Crippen LogP contribution in [-0.4, -0.2) is 24.6 Å². The lowest BCUT2D eigenvalue weighted by atomic mass is 10.1. The van der Waals surface area contributed by atoms with Crippen LogP contribution in [0.25, 0.3) is 0 Å². The van der Waals surface area contributed by atoms with Crippen molar-refractivity contribution in [2.24, 2.45) is 0 Å². The zero-order valence-electron chi connectivity index (χ0n) is 13.2. The fourth-order valence-electron chi connectivity index (χ4n) is 2.97. The summed E-state index contributed by atoms with van der Waals surface area (Å²) in [6.45, 7) is 0.691. The summed E-state index contributed by atoms with van der Waals surface area (Å²) >= 11 is 3.36. The molecule has 4 rings (SSSR count). The minimum atomic E-state index is -0.531. The molecule has 0 spiro atoms. The molecule has 1 atom stereocenters. The van der Waals surface area contributed by atoms with Gasteiger partial charge in [-0.25, -0.2) is 4.90 Å². The largest absolute Gasteiger partial charge is 0.454 e. The van der Waals surface area contributed by atoms with Gasteiger partial charge in [-0.2, -0.15) is 0 Å². The molecule has 2 heterocycles. The van der Waals surface area contributed by atoms with Gasteiger partial charge in [-0.05, 0) is 35.9 Å². The molecule has 0 bridgehead atoms. The number of hydrogen-bond donors (Lipinski definition) is 1. The molecule has 7 heteroatoms. The van der Waals surface area contributed by atoms with Gasteiger partial charge in [-0.15, -0.1) is 0 Å². The van der Waals surface area contributed by atoms with Crippen molar-refractivity contribution in [1.82, 2.24) is 5.32 Å². The Morgan fingerprint density at radius 3 is 2.80 bits per heavy atom. The van der Waals surface area contributed by atoms with Crippen LogP contribution in [0.2, 0.25) is 0 Å². The van der Waals surface area contributed by atoms with Gasteiger partial charge in [0.2, 0.25) is 12.7 Å². The first-order chi connectivity index (χ1) is 12.1. The van der Waals surface area contributed by atoms with E-state index in [0.29, 0.717) is 18.0 Å². The molecule has 0 saturated carbocycles. The van der Waals surface area contributed by atoms with E-state index in [-0.39, 0.29) is 25.0 Å². The monoisotopic (exact) mass is 402 g/mol. The van der Waals surface area contributed by atoms with Crippen molar-refractivity contribution in [2.45, 2.75) is 19.0 Å². The summed E-state index contributed by atoms with van der Waals surface area (Å²) in [5.41, 5.74) is 1.54. The van der Waals surface area contributed by atoms with Crippen molar-refractivity contribution in [1.29, 1.82) is 0 Å². The maximum Gasteiger partial charge on any atom is 0.251 e. The fourth-order valence-corrected chi connectivity index (χ4v) is 3.36.